The lowest BCUT2D eigenvalue weighted by Gasteiger charge is -2.04. The van der Waals surface area contributed by atoms with Crippen LogP contribution in [-0.2, 0) is 0 Å². The molecule has 0 unspecified atom stereocenters. The number of carboxylic acids is 1. The second-order valence-corrected chi connectivity index (χ2v) is 3.72. The summed E-state index contributed by atoms with van der Waals surface area (Å²) >= 11 is 0. The summed E-state index contributed by atoms with van der Waals surface area (Å²) in [4.78, 5) is 14.7. The van der Waals surface area contributed by atoms with Crippen molar-refractivity contribution in [2.45, 2.75) is 0 Å². The minimum Gasteiger partial charge on any atom is -0.477 e. The Morgan fingerprint density at radius 1 is 1.33 bits per heavy atom. The molecule has 3 aromatic heterocycles. The SMILES string of the molecule is O=C(O)c1cc(-c2cccn3nncc23)ccn1. The molecule has 0 aliphatic carbocycles. The molecule has 0 saturated heterocycles. The first-order valence-electron chi connectivity index (χ1n) is 5.24. The summed E-state index contributed by atoms with van der Waals surface area (Å²) in [7, 11) is 0. The van der Waals surface area contributed by atoms with Crippen LogP contribution in [0, 0.1) is 0 Å². The zero-order valence-electron chi connectivity index (χ0n) is 9.19. The molecule has 6 heteroatoms. The van der Waals surface area contributed by atoms with Crippen molar-refractivity contribution < 1.29 is 9.90 Å². The third-order valence-electron chi connectivity index (χ3n) is 2.63. The van der Waals surface area contributed by atoms with E-state index < -0.39 is 5.97 Å². The third kappa shape index (κ3) is 1.60. The summed E-state index contributed by atoms with van der Waals surface area (Å²) in [6.45, 7) is 0. The number of carboxylic acid groups (broad SMARTS) is 1. The van der Waals surface area contributed by atoms with Gasteiger partial charge in [0.1, 0.15) is 5.69 Å². The van der Waals surface area contributed by atoms with E-state index in [0.717, 1.165) is 16.6 Å². The van der Waals surface area contributed by atoms with Crippen molar-refractivity contribution in [3.63, 3.8) is 0 Å². The van der Waals surface area contributed by atoms with Crippen LogP contribution in [0.25, 0.3) is 16.6 Å². The fraction of sp³-hybridized carbons (Fsp3) is 0. The van der Waals surface area contributed by atoms with E-state index in [1.165, 1.54) is 12.3 Å². The van der Waals surface area contributed by atoms with Crippen molar-refractivity contribution in [1.29, 1.82) is 0 Å². The molecule has 0 aromatic carbocycles. The van der Waals surface area contributed by atoms with E-state index >= 15 is 0 Å². The van der Waals surface area contributed by atoms with Crippen LogP contribution in [-0.4, -0.2) is 30.9 Å². The summed E-state index contributed by atoms with van der Waals surface area (Å²) in [6, 6.07) is 7.01. The van der Waals surface area contributed by atoms with E-state index in [2.05, 4.69) is 15.3 Å². The van der Waals surface area contributed by atoms with Gasteiger partial charge in [0.25, 0.3) is 0 Å². The molecule has 0 bridgehead atoms. The van der Waals surface area contributed by atoms with Gasteiger partial charge in [0.05, 0.1) is 11.7 Å². The molecule has 88 valence electrons. The van der Waals surface area contributed by atoms with Crippen LogP contribution >= 0.6 is 0 Å². The maximum Gasteiger partial charge on any atom is 0.354 e. The zero-order valence-corrected chi connectivity index (χ0v) is 9.19. The highest BCUT2D eigenvalue weighted by molar-refractivity contribution is 5.88. The van der Waals surface area contributed by atoms with Crippen LogP contribution in [0.15, 0.2) is 42.9 Å². The maximum atomic E-state index is 10.9. The molecule has 1 N–H and O–H groups in total. The van der Waals surface area contributed by atoms with Crippen LogP contribution in [0.3, 0.4) is 0 Å². The van der Waals surface area contributed by atoms with E-state index in [0.29, 0.717) is 0 Å². The number of nitrogens with zero attached hydrogens (tertiary/aromatic N) is 4. The minimum absolute atomic E-state index is 0.0157. The molecule has 18 heavy (non-hydrogen) atoms. The largest absolute Gasteiger partial charge is 0.477 e. The maximum absolute atomic E-state index is 10.9. The summed E-state index contributed by atoms with van der Waals surface area (Å²) < 4.78 is 1.64. The van der Waals surface area contributed by atoms with Crippen LogP contribution in [0.5, 0.6) is 0 Å². The lowest BCUT2D eigenvalue weighted by atomic mass is 10.1. The topological polar surface area (TPSA) is 80.4 Å². The number of fused-ring (bicyclic) bond motifs is 1. The van der Waals surface area contributed by atoms with E-state index in [-0.39, 0.29) is 5.69 Å². The van der Waals surface area contributed by atoms with Crippen molar-refractivity contribution in [3.05, 3.63) is 48.5 Å². The highest BCUT2D eigenvalue weighted by Crippen LogP contribution is 2.23. The summed E-state index contributed by atoms with van der Waals surface area (Å²) in [5.74, 6) is -1.05. The molecule has 3 rings (SSSR count). The fourth-order valence-corrected chi connectivity index (χ4v) is 1.81. The molecule has 0 atom stereocenters. The molecule has 0 saturated carbocycles. The number of rotatable bonds is 2. The number of aromatic nitrogens is 4. The number of pyridine rings is 2. The predicted octanol–water partition coefficient (Wildman–Crippen LogP) is 1.49. The molecule has 0 aliphatic rings. The van der Waals surface area contributed by atoms with Gasteiger partial charge in [0.2, 0.25) is 0 Å². The number of hydrogen-bond donors (Lipinski definition) is 1. The lowest BCUT2D eigenvalue weighted by Crippen LogP contribution is -1.99. The molecular formula is C12H8N4O2. The molecule has 0 aliphatic heterocycles. The molecule has 0 fully saturated rings. The Kier molecular flexibility index (Phi) is 2.26. The Morgan fingerprint density at radius 2 is 2.22 bits per heavy atom. The van der Waals surface area contributed by atoms with Crippen molar-refractivity contribution >= 4 is 11.5 Å². The minimum atomic E-state index is -1.05. The quantitative estimate of drug-likeness (QED) is 0.734. The highest BCUT2D eigenvalue weighted by atomic mass is 16.4. The van der Waals surface area contributed by atoms with Crippen LogP contribution in [0.4, 0.5) is 0 Å². The van der Waals surface area contributed by atoms with Gasteiger partial charge in [0, 0.05) is 18.0 Å². The van der Waals surface area contributed by atoms with Gasteiger partial charge in [-0.25, -0.2) is 14.3 Å². The third-order valence-corrected chi connectivity index (χ3v) is 2.63. The summed E-state index contributed by atoms with van der Waals surface area (Å²) in [5.41, 5.74) is 2.48. The molecular weight excluding hydrogens is 232 g/mol. The normalized spacial score (nSPS) is 10.7. The summed E-state index contributed by atoms with van der Waals surface area (Å²) in [6.07, 6.45) is 4.90. The first-order chi connectivity index (χ1) is 8.75. The van der Waals surface area contributed by atoms with Gasteiger partial charge in [-0.15, -0.1) is 5.10 Å². The van der Waals surface area contributed by atoms with Crippen molar-refractivity contribution in [2.24, 2.45) is 0 Å². The van der Waals surface area contributed by atoms with Crippen molar-refractivity contribution in [2.75, 3.05) is 0 Å². The van der Waals surface area contributed by atoms with Gasteiger partial charge >= 0.3 is 5.97 Å². The van der Waals surface area contributed by atoms with Crippen molar-refractivity contribution in [1.82, 2.24) is 19.8 Å². The Morgan fingerprint density at radius 3 is 3.06 bits per heavy atom. The van der Waals surface area contributed by atoms with E-state index in [4.69, 9.17) is 5.11 Å². The van der Waals surface area contributed by atoms with Crippen LogP contribution < -0.4 is 0 Å². The molecule has 0 spiro atoms. The zero-order chi connectivity index (χ0) is 12.5. The molecule has 0 radical (unpaired) electrons. The Hall–Kier alpha value is -2.76. The smallest absolute Gasteiger partial charge is 0.354 e. The number of aromatic carboxylic acids is 1. The average molecular weight is 240 g/mol. The monoisotopic (exact) mass is 240 g/mol. The second-order valence-electron chi connectivity index (χ2n) is 3.72. The van der Waals surface area contributed by atoms with E-state index in [1.54, 1.807) is 23.0 Å². The molecule has 3 heterocycles. The van der Waals surface area contributed by atoms with Gasteiger partial charge in [-0.2, -0.15) is 0 Å². The van der Waals surface area contributed by atoms with E-state index in [9.17, 15) is 4.79 Å². The first kappa shape index (κ1) is 10.4. The number of hydrogen-bond acceptors (Lipinski definition) is 4. The Bertz CT molecular complexity index is 736. The molecule has 3 aromatic rings. The Labute approximate surface area is 102 Å². The van der Waals surface area contributed by atoms with Gasteiger partial charge in [-0.1, -0.05) is 11.3 Å². The average Bonchev–Trinajstić information content (AvgIpc) is 2.87. The first-order valence-corrected chi connectivity index (χ1v) is 5.24. The predicted molar refractivity (Wildman–Crippen MR) is 63.2 cm³/mol. The van der Waals surface area contributed by atoms with Gasteiger partial charge < -0.3 is 5.11 Å². The van der Waals surface area contributed by atoms with Gasteiger partial charge in [-0.3, -0.25) is 0 Å². The van der Waals surface area contributed by atoms with Gasteiger partial charge in [0.15, 0.2) is 0 Å². The number of carbonyl (C=O) groups is 1. The van der Waals surface area contributed by atoms with Crippen LogP contribution in [0.1, 0.15) is 10.5 Å². The lowest BCUT2D eigenvalue weighted by molar-refractivity contribution is 0.0690. The highest BCUT2D eigenvalue weighted by Gasteiger charge is 2.09. The van der Waals surface area contributed by atoms with E-state index in [1.807, 2.05) is 12.1 Å². The molecule has 0 amide bonds. The fourth-order valence-electron chi connectivity index (χ4n) is 1.81. The Balaban J connectivity index is 2.23. The van der Waals surface area contributed by atoms with Crippen molar-refractivity contribution in [3.8, 4) is 11.1 Å². The second kappa shape index (κ2) is 3.92. The summed E-state index contributed by atoms with van der Waals surface area (Å²) in [5, 5.41) is 16.7. The molecule has 6 nitrogen and oxygen atoms in total. The van der Waals surface area contributed by atoms with Gasteiger partial charge in [-0.05, 0) is 23.8 Å². The standard InChI is InChI=1S/C12H8N4O2/c17-12(18)10-6-8(3-4-13-10)9-2-1-5-16-11(9)7-14-15-16/h1-7H,(H,17,18). The van der Waals surface area contributed by atoms with Crippen LogP contribution in [0.2, 0.25) is 0 Å².